The fraction of sp³-hybridized carbons (Fsp3) is 0.345. The van der Waals surface area contributed by atoms with E-state index in [1.54, 1.807) is 19.3 Å². The van der Waals surface area contributed by atoms with Gasteiger partial charge in [-0.25, -0.2) is 4.98 Å². The molecule has 0 bridgehead atoms. The van der Waals surface area contributed by atoms with Crippen molar-refractivity contribution in [3.05, 3.63) is 83.0 Å². The summed E-state index contributed by atoms with van der Waals surface area (Å²) in [5.41, 5.74) is 2.34. The molecule has 1 fully saturated rings. The van der Waals surface area contributed by atoms with Crippen LogP contribution in [0.2, 0.25) is 0 Å². The fourth-order valence-electron chi connectivity index (χ4n) is 4.81. The van der Waals surface area contributed by atoms with Crippen LogP contribution in [-0.2, 0) is 17.5 Å². The van der Waals surface area contributed by atoms with E-state index in [1.165, 1.54) is 36.1 Å². The number of methoxy groups -OCH3 is 1. The number of alkyl halides is 3. The van der Waals surface area contributed by atoms with Crippen LogP contribution in [0, 0.1) is 0 Å². The summed E-state index contributed by atoms with van der Waals surface area (Å²) in [7, 11) is 3.65. The molecule has 6 nitrogen and oxygen atoms in total. The van der Waals surface area contributed by atoms with Crippen molar-refractivity contribution in [1.82, 2.24) is 19.4 Å². The van der Waals surface area contributed by atoms with Crippen LogP contribution in [0.5, 0.6) is 5.75 Å². The molecule has 10 heteroatoms. The van der Waals surface area contributed by atoms with E-state index in [0.29, 0.717) is 16.4 Å². The van der Waals surface area contributed by atoms with Crippen molar-refractivity contribution in [2.45, 2.75) is 25.7 Å². The molecule has 1 aliphatic rings. The molecule has 2 aromatic heterocycles. The Labute approximate surface area is 229 Å². The monoisotopic (exact) mass is 556 g/mol. The maximum Gasteiger partial charge on any atom is 0.416 e. The Hall–Kier alpha value is -3.34. The highest BCUT2D eigenvalue weighted by Crippen LogP contribution is 2.41. The molecule has 1 saturated heterocycles. The number of aromatic nitrogens is 2. The van der Waals surface area contributed by atoms with Gasteiger partial charge in [0.25, 0.3) is 0 Å². The number of thiophene rings is 1. The molecule has 0 radical (unpaired) electrons. The van der Waals surface area contributed by atoms with Gasteiger partial charge >= 0.3 is 6.18 Å². The molecule has 0 N–H and O–H groups in total. The van der Waals surface area contributed by atoms with Gasteiger partial charge in [-0.1, -0.05) is 30.8 Å². The van der Waals surface area contributed by atoms with Gasteiger partial charge in [0.15, 0.2) is 0 Å². The van der Waals surface area contributed by atoms with Gasteiger partial charge in [-0.2, -0.15) is 13.2 Å². The largest absolute Gasteiger partial charge is 0.496 e. The molecule has 2 aromatic carbocycles. The molecular weight excluding hydrogens is 525 g/mol. The molecule has 1 atom stereocenters. The minimum absolute atomic E-state index is 0.0633. The van der Waals surface area contributed by atoms with Crippen molar-refractivity contribution < 1.29 is 22.6 Å². The number of piperazine rings is 1. The van der Waals surface area contributed by atoms with Crippen LogP contribution in [0.3, 0.4) is 0 Å². The van der Waals surface area contributed by atoms with Gasteiger partial charge in [0.1, 0.15) is 33.8 Å². The summed E-state index contributed by atoms with van der Waals surface area (Å²) in [6.45, 7) is 10.6. The number of hydrogen-bond donors (Lipinski definition) is 0. The lowest BCUT2D eigenvalue weighted by atomic mass is 10.0. The molecule has 1 aliphatic heterocycles. The van der Waals surface area contributed by atoms with Crippen molar-refractivity contribution in [2.24, 2.45) is 0 Å². The summed E-state index contributed by atoms with van der Waals surface area (Å²) < 4.78 is 54.4. The van der Waals surface area contributed by atoms with Crippen LogP contribution in [0.1, 0.15) is 34.6 Å². The van der Waals surface area contributed by atoms with Crippen molar-refractivity contribution in [2.75, 3.05) is 40.3 Å². The summed E-state index contributed by atoms with van der Waals surface area (Å²) in [5, 5.41) is 0.800. The molecule has 0 unspecified atom stereocenters. The van der Waals surface area contributed by atoms with Gasteiger partial charge in [-0.15, -0.1) is 11.3 Å². The molecule has 0 saturated carbocycles. The number of imidazole rings is 1. The number of ether oxygens (including phenoxy) is 2. The van der Waals surface area contributed by atoms with E-state index in [9.17, 15) is 13.2 Å². The standard InChI is InChI=1S/C29H31F3N4O2S/c1-19(22-7-5-6-8-23(22)29(30,31)32)38-26-16-27(39-28(26)20(2)37-4)36-18-33-24-10-9-21(15-25(24)36)17-35-13-11-34(3)12-14-35/h5-10,15-16,18-19H,2,11-14,17H2,1,3-4H3/t19-/m1/s1. The highest BCUT2D eigenvalue weighted by Gasteiger charge is 2.35. The zero-order valence-corrected chi connectivity index (χ0v) is 23.0. The van der Waals surface area contributed by atoms with Gasteiger partial charge in [0.2, 0.25) is 0 Å². The van der Waals surface area contributed by atoms with Gasteiger partial charge in [0.05, 0.1) is 23.7 Å². The Balaban J connectivity index is 1.46. The maximum absolute atomic E-state index is 13.6. The number of nitrogens with zero attached hydrogens (tertiary/aromatic N) is 4. The summed E-state index contributed by atoms with van der Waals surface area (Å²) in [4.78, 5) is 9.96. The van der Waals surface area contributed by atoms with Crippen LogP contribution in [-0.4, -0.2) is 59.7 Å². The summed E-state index contributed by atoms with van der Waals surface area (Å²) in [5.74, 6) is 0.777. The molecule has 0 spiro atoms. The predicted molar refractivity (Wildman–Crippen MR) is 148 cm³/mol. The Kier molecular flexibility index (Phi) is 7.70. The molecule has 5 rings (SSSR count). The van der Waals surface area contributed by atoms with E-state index in [-0.39, 0.29) is 5.56 Å². The van der Waals surface area contributed by atoms with Crippen molar-refractivity contribution in [1.29, 1.82) is 0 Å². The zero-order chi connectivity index (χ0) is 27.7. The van der Waals surface area contributed by atoms with Crippen LogP contribution >= 0.6 is 11.3 Å². The third-order valence-electron chi connectivity index (χ3n) is 7.04. The smallest absolute Gasteiger partial charge is 0.416 e. The molecule has 3 heterocycles. The van der Waals surface area contributed by atoms with E-state index in [0.717, 1.165) is 54.8 Å². The van der Waals surface area contributed by atoms with E-state index in [4.69, 9.17) is 9.47 Å². The lowest BCUT2D eigenvalue weighted by Gasteiger charge is -2.32. The Morgan fingerprint density at radius 2 is 1.85 bits per heavy atom. The first kappa shape index (κ1) is 27.2. The number of benzene rings is 2. The topological polar surface area (TPSA) is 42.8 Å². The van der Waals surface area contributed by atoms with Crippen molar-refractivity contribution >= 4 is 28.1 Å². The lowest BCUT2D eigenvalue weighted by Crippen LogP contribution is -2.43. The number of halogens is 3. The lowest BCUT2D eigenvalue weighted by molar-refractivity contribution is -0.138. The van der Waals surface area contributed by atoms with Gasteiger partial charge in [-0.3, -0.25) is 9.47 Å². The normalized spacial score (nSPS) is 15.9. The second-order valence-corrected chi connectivity index (χ2v) is 10.8. The third kappa shape index (κ3) is 5.83. The first-order chi connectivity index (χ1) is 18.6. The van der Waals surface area contributed by atoms with Crippen LogP contribution in [0.4, 0.5) is 13.2 Å². The zero-order valence-electron chi connectivity index (χ0n) is 22.2. The summed E-state index contributed by atoms with van der Waals surface area (Å²) in [6, 6.07) is 13.6. The number of likely N-dealkylation sites (N-methyl/N-ethyl adjacent to an activating group) is 1. The SMILES string of the molecule is C=C(OC)c1sc(-n2cnc3ccc(CN4CCN(C)CC4)cc32)cc1O[C@H](C)c1ccccc1C(F)(F)F. The highest BCUT2D eigenvalue weighted by molar-refractivity contribution is 7.16. The molecule has 206 valence electrons. The second kappa shape index (κ2) is 11.0. The molecule has 4 aromatic rings. The molecule has 0 amide bonds. The number of rotatable bonds is 8. The van der Waals surface area contributed by atoms with E-state index in [2.05, 4.69) is 40.5 Å². The van der Waals surface area contributed by atoms with E-state index in [1.807, 2.05) is 16.7 Å². The third-order valence-corrected chi connectivity index (χ3v) is 8.20. The average Bonchev–Trinajstić information content (AvgIpc) is 3.53. The molecule has 0 aliphatic carbocycles. The molecular formula is C29H31F3N4O2S. The van der Waals surface area contributed by atoms with Crippen molar-refractivity contribution in [3.63, 3.8) is 0 Å². The first-order valence-corrected chi connectivity index (χ1v) is 13.5. The number of fused-ring (bicyclic) bond motifs is 1. The minimum Gasteiger partial charge on any atom is -0.496 e. The fourth-order valence-corrected chi connectivity index (χ4v) is 5.83. The predicted octanol–water partition coefficient (Wildman–Crippen LogP) is 6.61. The van der Waals surface area contributed by atoms with E-state index >= 15 is 0 Å². The van der Waals surface area contributed by atoms with Crippen LogP contribution in [0.15, 0.2) is 61.4 Å². The number of hydrogen-bond acceptors (Lipinski definition) is 6. The Morgan fingerprint density at radius 1 is 1.10 bits per heavy atom. The van der Waals surface area contributed by atoms with Crippen molar-refractivity contribution in [3.8, 4) is 10.8 Å². The van der Waals surface area contributed by atoms with Gasteiger partial charge in [-0.05, 0) is 37.7 Å². The average molecular weight is 557 g/mol. The van der Waals surface area contributed by atoms with Crippen LogP contribution < -0.4 is 4.74 Å². The second-order valence-electron chi connectivity index (χ2n) is 9.77. The van der Waals surface area contributed by atoms with Gasteiger partial charge < -0.3 is 14.4 Å². The Morgan fingerprint density at radius 3 is 2.56 bits per heavy atom. The van der Waals surface area contributed by atoms with Gasteiger partial charge in [0, 0.05) is 44.4 Å². The summed E-state index contributed by atoms with van der Waals surface area (Å²) >= 11 is 1.39. The minimum atomic E-state index is -4.48. The quantitative estimate of drug-likeness (QED) is 0.229. The van der Waals surface area contributed by atoms with E-state index < -0.39 is 17.8 Å². The highest BCUT2D eigenvalue weighted by atomic mass is 32.1. The molecule has 39 heavy (non-hydrogen) atoms. The summed E-state index contributed by atoms with van der Waals surface area (Å²) in [6.07, 6.45) is -3.59. The first-order valence-electron chi connectivity index (χ1n) is 12.7. The maximum atomic E-state index is 13.6. The Bertz CT molecular complexity index is 1470. The van der Waals surface area contributed by atoms with Crippen LogP contribution in [0.25, 0.3) is 21.8 Å².